The predicted molar refractivity (Wildman–Crippen MR) is 106 cm³/mol. The topological polar surface area (TPSA) is 50.1 Å². The summed E-state index contributed by atoms with van der Waals surface area (Å²) in [5.41, 5.74) is 0.950. The molecule has 0 aliphatic carbocycles. The van der Waals surface area contributed by atoms with Crippen LogP contribution in [0.3, 0.4) is 0 Å². The Kier molecular flexibility index (Phi) is 4.86. The molecule has 0 saturated carbocycles. The van der Waals surface area contributed by atoms with Gasteiger partial charge in [-0.15, -0.1) is 0 Å². The van der Waals surface area contributed by atoms with E-state index in [0.717, 1.165) is 47.7 Å². The molecule has 0 N–H and O–H groups in total. The Morgan fingerprint density at radius 1 is 1.00 bits per heavy atom. The van der Waals surface area contributed by atoms with Gasteiger partial charge in [0, 0.05) is 32.1 Å². The summed E-state index contributed by atoms with van der Waals surface area (Å²) in [4.78, 5) is 14.8. The van der Waals surface area contributed by atoms with E-state index in [4.69, 9.17) is 9.97 Å². The van der Waals surface area contributed by atoms with Gasteiger partial charge in [-0.3, -0.25) is 4.68 Å². The first-order valence-corrected chi connectivity index (χ1v) is 10.2. The monoisotopic (exact) mass is 356 g/mol. The molecule has 6 heteroatoms. The Morgan fingerprint density at radius 3 is 2.35 bits per heavy atom. The van der Waals surface area contributed by atoms with E-state index in [2.05, 4.69) is 35.7 Å². The number of anilines is 1. The lowest BCUT2D eigenvalue weighted by molar-refractivity contribution is 0.167. The summed E-state index contributed by atoms with van der Waals surface area (Å²) in [6.45, 7) is 11.5. The Labute approximate surface area is 156 Å². The van der Waals surface area contributed by atoms with E-state index in [9.17, 15) is 0 Å². The molecule has 0 amide bonds. The fraction of sp³-hybridized carbons (Fsp3) is 0.750. The van der Waals surface area contributed by atoms with Crippen molar-refractivity contribution < 1.29 is 0 Å². The van der Waals surface area contributed by atoms with Gasteiger partial charge in [-0.1, -0.05) is 13.8 Å². The van der Waals surface area contributed by atoms with Crippen LogP contribution in [0.5, 0.6) is 0 Å². The van der Waals surface area contributed by atoms with Crippen LogP contribution in [0.1, 0.15) is 58.2 Å². The molecule has 0 spiro atoms. The van der Waals surface area contributed by atoms with E-state index < -0.39 is 0 Å². The van der Waals surface area contributed by atoms with Gasteiger partial charge in [0.15, 0.2) is 5.65 Å². The highest BCUT2D eigenvalue weighted by Crippen LogP contribution is 2.31. The van der Waals surface area contributed by atoms with Crippen molar-refractivity contribution in [1.82, 2.24) is 24.6 Å². The second-order valence-electron chi connectivity index (χ2n) is 8.37. The lowest BCUT2D eigenvalue weighted by atomic mass is 9.89. The zero-order chi connectivity index (χ0) is 18.3. The van der Waals surface area contributed by atoms with Gasteiger partial charge in [-0.05, 0) is 51.6 Å². The van der Waals surface area contributed by atoms with Crippen molar-refractivity contribution in [2.24, 2.45) is 13.0 Å². The van der Waals surface area contributed by atoms with Crippen molar-refractivity contribution in [1.29, 1.82) is 0 Å². The lowest BCUT2D eigenvalue weighted by Crippen LogP contribution is -2.43. The second kappa shape index (κ2) is 7.14. The number of fused-ring (bicyclic) bond motifs is 1. The van der Waals surface area contributed by atoms with Crippen LogP contribution in [-0.4, -0.2) is 56.9 Å². The molecule has 26 heavy (non-hydrogen) atoms. The first-order chi connectivity index (χ1) is 12.5. The predicted octanol–water partition coefficient (Wildman–Crippen LogP) is 3.19. The summed E-state index contributed by atoms with van der Waals surface area (Å²) in [5, 5.41) is 5.51. The normalized spacial score (nSPS) is 21.2. The number of piperidine rings is 1. The molecular formula is C20H32N6. The molecule has 2 saturated heterocycles. The summed E-state index contributed by atoms with van der Waals surface area (Å²) in [7, 11) is 1.97. The third kappa shape index (κ3) is 3.20. The zero-order valence-corrected chi connectivity index (χ0v) is 16.6. The maximum Gasteiger partial charge on any atom is 0.163 e. The third-order valence-corrected chi connectivity index (χ3v) is 6.34. The van der Waals surface area contributed by atoms with Crippen LogP contribution in [0.2, 0.25) is 0 Å². The van der Waals surface area contributed by atoms with Crippen LogP contribution in [-0.2, 0) is 7.05 Å². The van der Waals surface area contributed by atoms with Gasteiger partial charge in [0.2, 0.25) is 0 Å². The molecule has 2 fully saturated rings. The smallest absolute Gasteiger partial charge is 0.163 e. The lowest BCUT2D eigenvalue weighted by Gasteiger charge is -2.39. The van der Waals surface area contributed by atoms with E-state index >= 15 is 0 Å². The molecule has 6 nitrogen and oxygen atoms in total. The van der Waals surface area contributed by atoms with Crippen LogP contribution in [0.15, 0.2) is 6.20 Å². The minimum absolute atomic E-state index is 0.320. The van der Waals surface area contributed by atoms with Gasteiger partial charge < -0.3 is 9.80 Å². The minimum Gasteiger partial charge on any atom is -0.356 e. The minimum atomic E-state index is 0.320. The van der Waals surface area contributed by atoms with Crippen molar-refractivity contribution in [3.63, 3.8) is 0 Å². The van der Waals surface area contributed by atoms with E-state index in [0.29, 0.717) is 5.92 Å². The average molecular weight is 357 g/mol. The molecule has 2 aromatic heterocycles. The van der Waals surface area contributed by atoms with E-state index in [-0.39, 0.29) is 0 Å². The first kappa shape index (κ1) is 17.7. The van der Waals surface area contributed by atoms with Gasteiger partial charge in [-0.2, -0.15) is 5.10 Å². The molecule has 0 radical (unpaired) electrons. The summed E-state index contributed by atoms with van der Waals surface area (Å²) >= 11 is 0. The SMILES string of the molecule is CC(C)c1nc(N2CCC([C@@H](C)N3CCCC3)CC2)c2cnn(C)c2n1. The quantitative estimate of drug-likeness (QED) is 0.842. The number of likely N-dealkylation sites (tertiary alicyclic amines) is 1. The highest BCUT2D eigenvalue weighted by Gasteiger charge is 2.30. The number of rotatable bonds is 4. The summed E-state index contributed by atoms with van der Waals surface area (Å²) in [5.74, 6) is 3.13. The molecule has 2 aromatic rings. The standard InChI is InChI=1S/C20H32N6/c1-14(2)18-22-19-17(13-21-24(19)4)20(23-18)26-11-7-16(8-12-26)15(3)25-9-5-6-10-25/h13-16H,5-12H2,1-4H3/t15-/m1/s1. The molecular weight excluding hydrogens is 324 g/mol. The molecule has 2 aliphatic rings. The van der Waals surface area contributed by atoms with E-state index in [1.54, 1.807) is 0 Å². The van der Waals surface area contributed by atoms with Crippen LogP contribution in [0.4, 0.5) is 5.82 Å². The maximum absolute atomic E-state index is 4.94. The number of nitrogens with zero attached hydrogens (tertiary/aromatic N) is 6. The first-order valence-electron chi connectivity index (χ1n) is 10.2. The molecule has 4 rings (SSSR count). The van der Waals surface area contributed by atoms with Gasteiger partial charge in [0.1, 0.15) is 11.6 Å². The third-order valence-electron chi connectivity index (χ3n) is 6.34. The van der Waals surface area contributed by atoms with Crippen molar-refractivity contribution in [2.75, 3.05) is 31.1 Å². The summed E-state index contributed by atoms with van der Waals surface area (Å²) < 4.78 is 1.87. The van der Waals surface area contributed by atoms with Gasteiger partial charge in [-0.25, -0.2) is 9.97 Å². The Balaban J connectivity index is 1.53. The molecule has 2 aliphatic heterocycles. The number of aromatic nitrogens is 4. The molecule has 0 aromatic carbocycles. The van der Waals surface area contributed by atoms with Crippen LogP contribution in [0.25, 0.3) is 11.0 Å². The molecule has 142 valence electrons. The summed E-state index contributed by atoms with van der Waals surface area (Å²) in [6.07, 6.45) is 7.18. The fourth-order valence-corrected chi connectivity index (χ4v) is 4.56. The van der Waals surface area contributed by atoms with Crippen molar-refractivity contribution >= 4 is 16.9 Å². The fourth-order valence-electron chi connectivity index (χ4n) is 4.56. The van der Waals surface area contributed by atoms with Gasteiger partial charge in [0.05, 0.1) is 11.6 Å². The van der Waals surface area contributed by atoms with Crippen molar-refractivity contribution in [3.05, 3.63) is 12.0 Å². The molecule has 0 unspecified atom stereocenters. The Bertz CT molecular complexity index is 753. The Hall–Kier alpha value is -1.69. The maximum atomic E-state index is 4.94. The number of aryl methyl sites for hydroxylation is 1. The van der Waals surface area contributed by atoms with Crippen LogP contribution in [0, 0.1) is 5.92 Å². The molecule has 1 atom stereocenters. The average Bonchev–Trinajstić information content (AvgIpc) is 3.31. The number of hydrogen-bond acceptors (Lipinski definition) is 5. The Morgan fingerprint density at radius 2 is 1.69 bits per heavy atom. The molecule has 4 heterocycles. The highest BCUT2D eigenvalue weighted by atomic mass is 15.3. The van der Waals surface area contributed by atoms with Crippen molar-refractivity contribution in [3.8, 4) is 0 Å². The van der Waals surface area contributed by atoms with E-state index in [1.807, 2.05) is 17.9 Å². The van der Waals surface area contributed by atoms with Crippen molar-refractivity contribution in [2.45, 2.75) is 58.4 Å². The van der Waals surface area contributed by atoms with Gasteiger partial charge in [0.25, 0.3) is 0 Å². The van der Waals surface area contributed by atoms with Gasteiger partial charge >= 0.3 is 0 Å². The largest absolute Gasteiger partial charge is 0.356 e. The summed E-state index contributed by atoms with van der Waals surface area (Å²) in [6, 6.07) is 0.717. The second-order valence-corrected chi connectivity index (χ2v) is 8.37. The van der Waals surface area contributed by atoms with Crippen LogP contribution >= 0.6 is 0 Å². The van der Waals surface area contributed by atoms with E-state index in [1.165, 1.54) is 38.8 Å². The number of hydrogen-bond donors (Lipinski definition) is 0. The zero-order valence-electron chi connectivity index (χ0n) is 16.6. The molecule has 0 bridgehead atoms. The highest BCUT2D eigenvalue weighted by molar-refractivity contribution is 5.87. The van der Waals surface area contributed by atoms with Crippen LogP contribution < -0.4 is 4.90 Å².